The smallest absolute Gasteiger partial charge is 0.227 e. The Morgan fingerprint density at radius 3 is 2.48 bits per heavy atom. The molecule has 1 atom stereocenters. The molecule has 2 aromatic carbocycles. The SMILES string of the molecule is COc1ccc(CCC(=O)N2CCC[C@@](C)(C(=O)NCc3ccccc3)C2)cc1. The van der Waals surface area contributed by atoms with Crippen LogP contribution in [0.5, 0.6) is 5.75 Å². The first-order chi connectivity index (χ1) is 14.0. The first kappa shape index (κ1) is 20.9. The van der Waals surface area contributed by atoms with E-state index in [1.54, 1.807) is 7.11 Å². The molecule has 1 heterocycles. The Kier molecular flexibility index (Phi) is 6.91. The fourth-order valence-corrected chi connectivity index (χ4v) is 3.83. The molecule has 29 heavy (non-hydrogen) atoms. The van der Waals surface area contributed by atoms with E-state index in [0.29, 0.717) is 25.9 Å². The van der Waals surface area contributed by atoms with Gasteiger partial charge in [0, 0.05) is 26.1 Å². The standard InChI is InChI=1S/C24H30N2O3/c1-24(23(28)25-17-20-7-4-3-5-8-20)15-6-16-26(18-24)22(27)14-11-19-9-12-21(29-2)13-10-19/h3-5,7-10,12-13H,6,11,14-18H2,1-2H3,(H,25,28)/t24-/m1/s1. The Bertz CT molecular complexity index is 820. The van der Waals surface area contributed by atoms with Crippen molar-refractivity contribution in [3.63, 3.8) is 0 Å². The van der Waals surface area contributed by atoms with E-state index >= 15 is 0 Å². The summed E-state index contributed by atoms with van der Waals surface area (Å²) in [5.41, 5.74) is 1.65. The number of carbonyl (C=O) groups excluding carboxylic acids is 2. The second kappa shape index (κ2) is 9.59. The van der Waals surface area contributed by atoms with Gasteiger partial charge in [-0.25, -0.2) is 0 Å². The number of aryl methyl sites for hydroxylation is 1. The Labute approximate surface area is 173 Å². The highest BCUT2D eigenvalue weighted by atomic mass is 16.5. The van der Waals surface area contributed by atoms with E-state index in [-0.39, 0.29) is 11.8 Å². The van der Waals surface area contributed by atoms with Crippen molar-refractivity contribution >= 4 is 11.8 Å². The van der Waals surface area contributed by atoms with Crippen molar-refractivity contribution in [2.24, 2.45) is 5.41 Å². The first-order valence-electron chi connectivity index (χ1n) is 10.2. The molecule has 0 radical (unpaired) electrons. The van der Waals surface area contributed by atoms with Crippen LogP contribution in [0.3, 0.4) is 0 Å². The summed E-state index contributed by atoms with van der Waals surface area (Å²) in [4.78, 5) is 27.5. The van der Waals surface area contributed by atoms with E-state index in [1.807, 2.05) is 66.4 Å². The lowest BCUT2D eigenvalue weighted by atomic mass is 9.80. The molecule has 0 unspecified atom stereocenters. The van der Waals surface area contributed by atoms with Gasteiger partial charge in [-0.15, -0.1) is 0 Å². The summed E-state index contributed by atoms with van der Waals surface area (Å²) in [5.74, 6) is 0.949. The number of nitrogens with one attached hydrogen (secondary N) is 1. The molecule has 0 aromatic heterocycles. The zero-order chi connectivity index (χ0) is 20.7. The average Bonchev–Trinajstić information content (AvgIpc) is 2.76. The number of carbonyl (C=O) groups is 2. The molecule has 0 bridgehead atoms. The highest BCUT2D eigenvalue weighted by Gasteiger charge is 2.38. The molecule has 0 saturated carbocycles. The largest absolute Gasteiger partial charge is 0.497 e. The number of piperidine rings is 1. The first-order valence-corrected chi connectivity index (χ1v) is 10.2. The van der Waals surface area contributed by atoms with Gasteiger partial charge in [-0.05, 0) is 49.4 Å². The van der Waals surface area contributed by atoms with Crippen LogP contribution < -0.4 is 10.1 Å². The van der Waals surface area contributed by atoms with Crippen LogP contribution in [0.25, 0.3) is 0 Å². The van der Waals surface area contributed by atoms with Crippen molar-refractivity contribution in [2.45, 2.75) is 39.2 Å². The summed E-state index contributed by atoms with van der Waals surface area (Å²) < 4.78 is 5.17. The second-order valence-electron chi connectivity index (χ2n) is 8.00. The van der Waals surface area contributed by atoms with Gasteiger partial charge in [0.1, 0.15) is 5.75 Å². The fraction of sp³-hybridized carbons (Fsp3) is 0.417. The molecule has 1 aliphatic rings. The molecular weight excluding hydrogens is 364 g/mol. The zero-order valence-corrected chi connectivity index (χ0v) is 17.3. The third kappa shape index (κ3) is 5.59. The summed E-state index contributed by atoms with van der Waals surface area (Å²) in [6.45, 7) is 3.69. The number of hydrogen-bond donors (Lipinski definition) is 1. The summed E-state index contributed by atoms with van der Waals surface area (Å²) in [5, 5.41) is 3.05. The summed E-state index contributed by atoms with van der Waals surface area (Å²) in [7, 11) is 1.64. The highest BCUT2D eigenvalue weighted by Crippen LogP contribution is 2.30. The molecule has 1 N–H and O–H groups in total. The maximum Gasteiger partial charge on any atom is 0.227 e. The van der Waals surface area contributed by atoms with Crippen molar-refractivity contribution in [1.82, 2.24) is 10.2 Å². The number of benzene rings is 2. The van der Waals surface area contributed by atoms with Crippen LogP contribution in [-0.4, -0.2) is 36.9 Å². The van der Waals surface area contributed by atoms with Crippen LogP contribution >= 0.6 is 0 Å². The number of ether oxygens (including phenoxy) is 1. The van der Waals surface area contributed by atoms with Crippen molar-refractivity contribution in [3.05, 3.63) is 65.7 Å². The maximum atomic E-state index is 12.8. The van der Waals surface area contributed by atoms with Gasteiger partial charge >= 0.3 is 0 Å². The Hall–Kier alpha value is -2.82. The number of methoxy groups -OCH3 is 1. The molecule has 0 spiro atoms. The van der Waals surface area contributed by atoms with E-state index < -0.39 is 5.41 Å². The van der Waals surface area contributed by atoms with Crippen LogP contribution in [-0.2, 0) is 22.6 Å². The third-order valence-corrected chi connectivity index (χ3v) is 5.68. The predicted molar refractivity (Wildman–Crippen MR) is 114 cm³/mol. The minimum absolute atomic E-state index is 0.0222. The number of nitrogens with zero attached hydrogens (tertiary/aromatic N) is 1. The van der Waals surface area contributed by atoms with E-state index in [1.165, 1.54) is 0 Å². The molecule has 1 fully saturated rings. The molecule has 1 aliphatic heterocycles. The van der Waals surface area contributed by atoms with Crippen molar-refractivity contribution < 1.29 is 14.3 Å². The van der Waals surface area contributed by atoms with Gasteiger partial charge < -0.3 is 15.0 Å². The Morgan fingerprint density at radius 1 is 1.07 bits per heavy atom. The van der Waals surface area contributed by atoms with Crippen LogP contribution in [0.15, 0.2) is 54.6 Å². The quantitative estimate of drug-likeness (QED) is 0.781. The van der Waals surface area contributed by atoms with Crippen LogP contribution in [0.2, 0.25) is 0 Å². The highest BCUT2D eigenvalue weighted by molar-refractivity contribution is 5.84. The zero-order valence-electron chi connectivity index (χ0n) is 17.3. The molecule has 1 saturated heterocycles. The molecule has 154 valence electrons. The van der Waals surface area contributed by atoms with Gasteiger partial charge in [-0.3, -0.25) is 9.59 Å². The summed E-state index contributed by atoms with van der Waals surface area (Å²) in [6, 6.07) is 17.7. The van der Waals surface area contributed by atoms with Crippen molar-refractivity contribution in [1.29, 1.82) is 0 Å². The molecule has 0 aliphatic carbocycles. The van der Waals surface area contributed by atoms with Gasteiger partial charge in [0.15, 0.2) is 0 Å². The number of amides is 2. The van der Waals surface area contributed by atoms with Gasteiger partial charge in [0.2, 0.25) is 11.8 Å². The van der Waals surface area contributed by atoms with Crippen molar-refractivity contribution in [3.8, 4) is 5.75 Å². The number of hydrogen-bond acceptors (Lipinski definition) is 3. The normalized spacial score (nSPS) is 18.9. The number of likely N-dealkylation sites (tertiary alicyclic amines) is 1. The lowest BCUT2D eigenvalue weighted by molar-refractivity contribution is -0.140. The van der Waals surface area contributed by atoms with Gasteiger partial charge in [-0.2, -0.15) is 0 Å². The fourth-order valence-electron chi connectivity index (χ4n) is 3.83. The van der Waals surface area contributed by atoms with Crippen LogP contribution in [0.1, 0.15) is 37.3 Å². The summed E-state index contributed by atoms with van der Waals surface area (Å²) >= 11 is 0. The van der Waals surface area contributed by atoms with Gasteiger partial charge in [0.05, 0.1) is 12.5 Å². The minimum Gasteiger partial charge on any atom is -0.497 e. The lowest BCUT2D eigenvalue weighted by Gasteiger charge is -2.39. The van der Waals surface area contributed by atoms with Crippen LogP contribution in [0.4, 0.5) is 0 Å². The average molecular weight is 395 g/mol. The predicted octanol–water partition coefficient (Wildman–Crippen LogP) is 3.57. The van der Waals surface area contributed by atoms with E-state index in [0.717, 1.165) is 36.3 Å². The molecule has 2 amide bonds. The maximum absolute atomic E-state index is 12.8. The van der Waals surface area contributed by atoms with E-state index in [2.05, 4.69) is 5.32 Å². The molecular formula is C24H30N2O3. The Balaban J connectivity index is 1.52. The van der Waals surface area contributed by atoms with Gasteiger partial charge in [0.25, 0.3) is 0 Å². The monoisotopic (exact) mass is 394 g/mol. The van der Waals surface area contributed by atoms with Gasteiger partial charge in [-0.1, -0.05) is 42.5 Å². The third-order valence-electron chi connectivity index (χ3n) is 5.68. The second-order valence-corrected chi connectivity index (χ2v) is 8.00. The van der Waals surface area contributed by atoms with Crippen LogP contribution in [0, 0.1) is 5.41 Å². The minimum atomic E-state index is -0.539. The van der Waals surface area contributed by atoms with E-state index in [9.17, 15) is 9.59 Å². The lowest BCUT2D eigenvalue weighted by Crippen LogP contribution is -2.51. The Morgan fingerprint density at radius 2 is 1.79 bits per heavy atom. The molecule has 2 aromatic rings. The summed E-state index contributed by atoms with van der Waals surface area (Å²) in [6.07, 6.45) is 2.80. The van der Waals surface area contributed by atoms with E-state index in [4.69, 9.17) is 4.74 Å². The number of rotatable bonds is 7. The van der Waals surface area contributed by atoms with Crippen molar-refractivity contribution in [2.75, 3.05) is 20.2 Å². The molecule has 5 heteroatoms. The molecule has 5 nitrogen and oxygen atoms in total. The molecule has 3 rings (SSSR count). The topological polar surface area (TPSA) is 58.6 Å².